The molecule has 0 saturated carbocycles. The molecule has 2 N–H and O–H groups in total. The van der Waals surface area contributed by atoms with Gasteiger partial charge < -0.3 is 9.88 Å². The molecule has 0 radical (unpaired) electrons. The number of benzene rings is 2. The summed E-state index contributed by atoms with van der Waals surface area (Å²) in [5.74, 6) is -0.184. The molecule has 4 rings (SSSR count). The summed E-state index contributed by atoms with van der Waals surface area (Å²) in [6.45, 7) is 4.79. The molecular weight excluding hydrogens is 416 g/mol. The number of aromatic nitrogens is 2. The average molecular weight is 443 g/mol. The molecule has 164 valence electrons. The molecule has 1 saturated heterocycles. The van der Waals surface area contributed by atoms with Crippen LogP contribution in [0.2, 0.25) is 0 Å². The van der Waals surface area contributed by atoms with Crippen molar-refractivity contribution < 1.29 is 13.2 Å². The molecule has 1 aromatic heterocycles. The van der Waals surface area contributed by atoms with E-state index in [1.165, 1.54) is 12.1 Å². The van der Waals surface area contributed by atoms with E-state index in [1.807, 2.05) is 24.3 Å². The van der Waals surface area contributed by atoms with Crippen molar-refractivity contribution in [3.05, 3.63) is 64.1 Å². The summed E-state index contributed by atoms with van der Waals surface area (Å²) in [7, 11) is -3.64. The van der Waals surface area contributed by atoms with E-state index in [2.05, 4.69) is 9.71 Å². The number of hydrogen-bond acceptors (Lipinski definition) is 4. The van der Waals surface area contributed by atoms with Crippen molar-refractivity contribution in [3.63, 3.8) is 0 Å². The van der Waals surface area contributed by atoms with E-state index < -0.39 is 10.0 Å². The van der Waals surface area contributed by atoms with Crippen LogP contribution in [-0.2, 0) is 10.0 Å². The quantitative estimate of drug-likeness (QED) is 0.633. The van der Waals surface area contributed by atoms with Crippen LogP contribution in [0.4, 0.5) is 0 Å². The number of hydrogen-bond donors (Lipinski definition) is 2. The van der Waals surface area contributed by atoms with Gasteiger partial charge in [0.15, 0.2) is 0 Å². The molecule has 2 heterocycles. The highest BCUT2D eigenvalue weighted by atomic mass is 32.2. The molecule has 0 atom stereocenters. The highest BCUT2D eigenvalue weighted by Gasteiger charge is 2.28. The third kappa shape index (κ3) is 4.03. The number of likely N-dealkylation sites (tertiary alicyclic amines) is 1. The summed E-state index contributed by atoms with van der Waals surface area (Å²) < 4.78 is 28.9. The fraction of sp³-hybridized carbons (Fsp3) is 0.364. The van der Waals surface area contributed by atoms with Gasteiger partial charge in [-0.05, 0) is 49.6 Å². The second kappa shape index (κ2) is 8.32. The van der Waals surface area contributed by atoms with Gasteiger partial charge >= 0.3 is 5.69 Å². The van der Waals surface area contributed by atoms with Gasteiger partial charge in [0.25, 0.3) is 5.91 Å². The van der Waals surface area contributed by atoms with Crippen LogP contribution in [0.25, 0.3) is 11.0 Å². The highest BCUT2D eigenvalue weighted by Crippen LogP contribution is 2.26. The molecule has 1 amide bonds. The molecule has 0 unspecified atom stereocenters. The maximum Gasteiger partial charge on any atom is 0.326 e. The largest absolute Gasteiger partial charge is 0.338 e. The minimum absolute atomic E-state index is 0.00858. The van der Waals surface area contributed by atoms with E-state index in [0.29, 0.717) is 31.5 Å². The van der Waals surface area contributed by atoms with Crippen LogP contribution >= 0.6 is 0 Å². The van der Waals surface area contributed by atoms with Gasteiger partial charge in [-0.15, -0.1) is 0 Å². The van der Waals surface area contributed by atoms with Crippen LogP contribution in [0.15, 0.2) is 52.2 Å². The lowest BCUT2D eigenvalue weighted by atomic mass is 10.0. The van der Waals surface area contributed by atoms with Crippen LogP contribution in [0.3, 0.4) is 0 Å². The predicted octanol–water partition coefficient (Wildman–Crippen LogP) is 2.41. The first kappa shape index (κ1) is 21.3. The zero-order valence-electron chi connectivity index (χ0n) is 17.6. The summed E-state index contributed by atoms with van der Waals surface area (Å²) >= 11 is 0. The first-order chi connectivity index (χ1) is 14.8. The maximum atomic E-state index is 13.2. The zero-order chi connectivity index (χ0) is 22.2. The third-order valence-electron chi connectivity index (χ3n) is 5.82. The van der Waals surface area contributed by atoms with Gasteiger partial charge in [-0.2, -0.15) is 0 Å². The molecule has 31 heavy (non-hydrogen) atoms. The molecule has 0 spiro atoms. The van der Waals surface area contributed by atoms with E-state index in [9.17, 15) is 18.0 Å². The summed E-state index contributed by atoms with van der Waals surface area (Å²) in [6.07, 6.45) is 1.31. The van der Waals surface area contributed by atoms with Crippen molar-refractivity contribution in [2.45, 2.75) is 37.6 Å². The number of aryl methyl sites for hydroxylation is 1. The minimum atomic E-state index is -3.64. The number of nitrogens with one attached hydrogen (secondary N) is 2. The Morgan fingerprint density at radius 2 is 1.87 bits per heavy atom. The first-order valence-corrected chi connectivity index (χ1v) is 11.9. The van der Waals surface area contributed by atoms with Gasteiger partial charge in [0, 0.05) is 31.2 Å². The zero-order valence-corrected chi connectivity index (χ0v) is 18.4. The number of piperidine rings is 1. The molecular formula is C22H26N4O4S. The number of aromatic amines is 1. The molecule has 0 aliphatic carbocycles. The van der Waals surface area contributed by atoms with Crippen molar-refractivity contribution in [1.29, 1.82) is 0 Å². The molecule has 3 aromatic rings. The van der Waals surface area contributed by atoms with Gasteiger partial charge in [0.05, 0.1) is 15.9 Å². The third-order valence-corrected chi connectivity index (χ3v) is 7.37. The summed E-state index contributed by atoms with van der Waals surface area (Å²) in [5, 5.41) is 0. The lowest BCUT2D eigenvalue weighted by Gasteiger charge is -2.33. The van der Waals surface area contributed by atoms with Gasteiger partial charge in [-0.25, -0.2) is 17.9 Å². The Kier molecular flexibility index (Phi) is 5.72. The van der Waals surface area contributed by atoms with Gasteiger partial charge in [0.2, 0.25) is 10.0 Å². The van der Waals surface area contributed by atoms with E-state index >= 15 is 0 Å². The Bertz CT molecular complexity index is 1280. The molecule has 2 aromatic carbocycles. The van der Waals surface area contributed by atoms with Gasteiger partial charge in [0.1, 0.15) is 0 Å². The monoisotopic (exact) mass is 442 g/mol. The van der Waals surface area contributed by atoms with Crippen LogP contribution in [0.1, 0.15) is 41.7 Å². The van der Waals surface area contributed by atoms with E-state index in [1.54, 1.807) is 29.4 Å². The smallest absolute Gasteiger partial charge is 0.326 e. The summed E-state index contributed by atoms with van der Waals surface area (Å²) in [5.41, 5.74) is 2.66. The number of nitrogens with zero attached hydrogens (tertiary/aromatic N) is 2. The number of carbonyl (C=O) groups excluding carboxylic acids is 1. The lowest BCUT2D eigenvalue weighted by Crippen LogP contribution is -2.40. The van der Waals surface area contributed by atoms with Gasteiger partial charge in [-0.1, -0.05) is 25.1 Å². The fourth-order valence-electron chi connectivity index (χ4n) is 4.21. The number of carbonyl (C=O) groups is 1. The second-order valence-electron chi connectivity index (χ2n) is 7.82. The number of rotatable bonds is 5. The first-order valence-electron chi connectivity index (χ1n) is 10.4. The molecule has 1 fully saturated rings. The molecule has 8 nitrogen and oxygen atoms in total. The van der Waals surface area contributed by atoms with Crippen molar-refractivity contribution in [2.24, 2.45) is 0 Å². The van der Waals surface area contributed by atoms with E-state index in [4.69, 9.17) is 0 Å². The molecule has 1 aliphatic rings. The van der Waals surface area contributed by atoms with Gasteiger partial charge in [-0.3, -0.25) is 9.36 Å². The Balaban J connectivity index is 1.54. The number of amides is 1. The van der Waals surface area contributed by atoms with Crippen molar-refractivity contribution in [2.75, 3.05) is 19.6 Å². The number of fused-ring (bicyclic) bond motifs is 1. The number of sulfonamides is 1. The highest BCUT2D eigenvalue weighted by molar-refractivity contribution is 7.89. The lowest BCUT2D eigenvalue weighted by molar-refractivity contribution is 0.0694. The topological polar surface area (TPSA) is 104 Å². The Morgan fingerprint density at radius 3 is 2.58 bits per heavy atom. The van der Waals surface area contributed by atoms with E-state index in [-0.39, 0.29) is 29.1 Å². The SMILES string of the molecule is CCNS(=O)(=O)c1ccc(C)c(C(=O)N2CCC(n3c(=O)[nH]c4ccccc43)CC2)c1. The Morgan fingerprint density at radius 1 is 1.16 bits per heavy atom. The average Bonchev–Trinajstić information content (AvgIpc) is 3.09. The number of H-pyrrole nitrogens is 1. The molecule has 9 heteroatoms. The normalized spacial score (nSPS) is 15.5. The van der Waals surface area contributed by atoms with Crippen molar-refractivity contribution in [1.82, 2.24) is 19.2 Å². The van der Waals surface area contributed by atoms with Crippen LogP contribution in [0, 0.1) is 6.92 Å². The van der Waals surface area contributed by atoms with Crippen LogP contribution in [-0.4, -0.2) is 48.4 Å². The fourth-order valence-corrected chi connectivity index (χ4v) is 5.27. The van der Waals surface area contributed by atoms with Crippen LogP contribution < -0.4 is 10.4 Å². The maximum absolute atomic E-state index is 13.2. The van der Waals surface area contributed by atoms with Crippen LogP contribution in [0.5, 0.6) is 0 Å². The Labute approximate surface area is 180 Å². The molecule has 1 aliphatic heterocycles. The predicted molar refractivity (Wildman–Crippen MR) is 119 cm³/mol. The summed E-state index contributed by atoms with van der Waals surface area (Å²) in [6, 6.07) is 12.2. The second-order valence-corrected chi connectivity index (χ2v) is 9.59. The number of para-hydroxylation sites is 2. The van der Waals surface area contributed by atoms with Crippen molar-refractivity contribution in [3.8, 4) is 0 Å². The minimum Gasteiger partial charge on any atom is -0.338 e. The van der Waals surface area contributed by atoms with Crippen molar-refractivity contribution >= 4 is 27.0 Å². The summed E-state index contributed by atoms with van der Waals surface area (Å²) in [4.78, 5) is 30.3. The van der Waals surface area contributed by atoms with E-state index in [0.717, 1.165) is 16.6 Å². The standard InChI is InChI=1S/C22H26N4O4S/c1-3-23-31(29,30)17-9-8-15(2)18(14-17)21(27)25-12-10-16(11-13-25)26-20-7-5-4-6-19(20)24-22(26)28/h4-9,14,16,23H,3,10-13H2,1-2H3,(H,24,28). The number of imidazole rings is 1. The Hall–Kier alpha value is -2.91. The molecule has 0 bridgehead atoms.